The second kappa shape index (κ2) is 8.30. The van der Waals surface area contributed by atoms with E-state index < -0.39 is 23.7 Å². The molecule has 7 heteroatoms. The highest BCUT2D eigenvalue weighted by Crippen LogP contribution is 2.20. The summed E-state index contributed by atoms with van der Waals surface area (Å²) in [6.07, 6.45) is 1.89. The van der Waals surface area contributed by atoms with Gasteiger partial charge in [0.05, 0.1) is 6.04 Å². The largest absolute Gasteiger partial charge is 0.348 e. The first kappa shape index (κ1) is 19.2. The standard InChI is InChI=1S/C19H22N4O3/c1-13(2)9-16(14-7-5-4-6-8-14)21-17(24)12-23-18(25)15(10-20)11-22(3)19(23)26/h4-8,11,13,16H,9,12H2,1-3H3,(H,21,24)/t16-/m1/s1. The van der Waals surface area contributed by atoms with E-state index in [9.17, 15) is 14.4 Å². The first-order valence-electron chi connectivity index (χ1n) is 8.38. The number of aryl methyl sites for hydroxylation is 1. The molecule has 0 bridgehead atoms. The van der Waals surface area contributed by atoms with Crippen LogP contribution < -0.4 is 16.6 Å². The predicted octanol–water partition coefficient (Wildman–Crippen LogP) is 1.32. The lowest BCUT2D eigenvalue weighted by Gasteiger charge is -2.21. The van der Waals surface area contributed by atoms with Gasteiger partial charge in [-0.15, -0.1) is 0 Å². The van der Waals surface area contributed by atoms with Crippen molar-refractivity contribution in [2.75, 3.05) is 0 Å². The normalized spacial score (nSPS) is 11.8. The minimum absolute atomic E-state index is 0.179. The first-order valence-corrected chi connectivity index (χ1v) is 8.38. The van der Waals surface area contributed by atoms with Crippen molar-refractivity contribution in [1.29, 1.82) is 5.26 Å². The van der Waals surface area contributed by atoms with Crippen LogP contribution in [0.3, 0.4) is 0 Å². The minimum Gasteiger partial charge on any atom is -0.348 e. The molecule has 0 spiro atoms. The molecule has 0 aliphatic heterocycles. The maximum absolute atomic E-state index is 12.5. The van der Waals surface area contributed by atoms with E-state index in [-0.39, 0.29) is 11.6 Å². The van der Waals surface area contributed by atoms with Crippen molar-refractivity contribution in [1.82, 2.24) is 14.5 Å². The molecule has 136 valence electrons. The van der Waals surface area contributed by atoms with Crippen LogP contribution in [0.25, 0.3) is 0 Å². The summed E-state index contributed by atoms with van der Waals surface area (Å²) in [5, 5.41) is 11.9. The van der Waals surface area contributed by atoms with Crippen molar-refractivity contribution < 1.29 is 4.79 Å². The number of amides is 1. The van der Waals surface area contributed by atoms with Crippen LogP contribution in [0.1, 0.15) is 37.4 Å². The van der Waals surface area contributed by atoms with E-state index in [1.807, 2.05) is 30.3 Å². The highest BCUT2D eigenvalue weighted by molar-refractivity contribution is 5.76. The van der Waals surface area contributed by atoms with Gasteiger partial charge >= 0.3 is 5.69 Å². The number of carbonyl (C=O) groups excluding carboxylic acids is 1. The summed E-state index contributed by atoms with van der Waals surface area (Å²) in [4.78, 5) is 36.8. The molecule has 0 saturated carbocycles. The lowest BCUT2D eigenvalue weighted by atomic mass is 9.97. The summed E-state index contributed by atoms with van der Waals surface area (Å²) < 4.78 is 1.90. The van der Waals surface area contributed by atoms with Crippen LogP contribution in [-0.4, -0.2) is 15.0 Å². The Hall–Kier alpha value is -3.14. The Kier molecular flexibility index (Phi) is 6.12. The summed E-state index contributed by atoms with van der Waals surface area (Å²) in [5.74, 6) is -0.105. The lowest BCUT2D eigenvalue weighted by molar-refractivity contribution is -0.122. The molecule has 1 heterocycles. The zero-order valence-electron chi connectivity index (χ0n) is 15.1. The number of aromatic nitrogens is 2. The van der Waals surface area contributed by atoms with Crippen molar-refractivity contribution >= 4 is 5.91 Å². The van der Waals surface area contributed by atoms with Gasteiger partial charge in [-0.05, 0) is 17.9 Å². The summed E-state index contributed by atoms with van der Waals surface area (Å²) in [5.41, 5.74) is -0.614. The van der Waals surface area contributed by atoms with E-state index in [4.69, 9.17) is 5.26 Å². The summed E-state index contributed by atoms with van der Waals surface area (Å²) in [7, 11) is 1.43. The van der Waals surface area contributed by atoms with E-state index in [0.29, 0.717) is 5.92 Å². The van der Waals surface area contributed by atoms with E-state index in [1.165, 1.54) is 13.2 Å². The number of rotatable bonds is 6. The van der Waals surface area contributed by atoms with E-state index in [0.717, 1.165) is 21.1 Å². The number of nitrogens with one attached hydrogen (secondary N) is 1. The van der Waals surface area contributed by atoms with Gasteiger partial charge in [0.25, 0.3) is 5.56 Å². The number of hydrogen-bond donors (Lipinski definition) is 1. The Morgan fingerprint density at radius 3 is 2.46 bits per heavy atom. The Morgan fingerprint density at radius 1 is 1.23 bits per heavy atom. The Balaban J connectivity index is 2.27. The van der Waals surface area contributed by atoms with E-state index in [2.05, 4.69) is 19.2 Å². The molecule has 0 unspecified atom stereocenters. The van der Waals surface area contributed by atoms with Gasteiger partial charge < -0.3 is 9.88 Å². The molecule has 2 aromatic rings. The van der Waals surface area contributed by atoms with Gasteiger partial charge in [-0.25, -0.2) is 9.36 Å². The fourth-order valence-corrected chi connectivity index (χ4v) is 2.76. The second-order valence-electron chi connectivity index (χ2n) is 6.60. The average molecular weight is 354 g/mol. The molecule has 0 saturated heterocycles. The van der Waals surface area contributed by atoms with Crippen LogP contribution in [0.15, 0.2) is 46.1 Å². The van der Waals surface area contributed by atoms with Gasteiger partial charge in [0.15, 0.2) is 0 Å². The van der Waals surface area contributed by atoms with Crippen molar-refractivity contribution in [2.45, 2.75) is 32.9 Å². The van der Waals surface area contributed by atoms with Crippen molar-refractivity contribution in [3.8, 4) is 6.07 Å². The predicted molar refractivity (Wildman–Crippen MR) is 97.4 cm³/mol. The average Bonchev–Trinajstić information content (AvgIpc) is 2.61. The number of nitrogens with zero attached hydrogens (tertiary/aromatic N) is 3. The van der Waals surface area contributed by atoms with Gasteiger partial charge in [-0.3, -0.25) is 9.59 Å². The molecule has 0 radical (unpaired) electrons. The maximum Gasteiger partial charge on any atom is 0.331 e. The van der Waals surface area contributed by atoms with Gasteiger partial charge in [0.2, 0.25) is 5.91 Å². The smallest absolute Gasteiger partial charge is 0.331 e. The maximum atomic E-state index is 12.5. The first-order chi connectivity index (χ1) is 12.3. The third-order valence-electron chi connectivity index (χ3n) is 4.00. The quantitative estimate of drug-likeness (QED) is 0.846. The fraction of sp³-hybridized carbons (Fsp3) is 0.368. The highest BCUT2D eigenvalue weighted by Gasteiger charge is 2.18. The molecular formula is C19H22N4O3. The van der Waals surface area contributed by atoms with Gasteiger partial charge in [-0.1, -0.05) is 44.2 Å². The van der Waals surface area contributed by atoms with Crippen LogP contribution in [-0.2, 0) is 18.4 Å². The molecule has 1 N–H and O–H groups in total. The summed E-state index contributed by atoms with van der Waals surface area (Å²) in [6, 6.07) is 11.1. The van der Waals surface area contributed by atoms with Gasteiger partial charge in [0, 0.05) is 13.2 Å². The van der Waals surface area contributed by atoms with Crippen LogP contribution in [0.4, 0.5) is 0 Å². The molecular weight excluding hydrogens is 332 g/mol. The molecule has 1 atom stereocenters. The fourth-order valence-electron chi connectivity index (χ4n) is 2.76. The minimum atomic E-state index is -0.758. The molecule has 2 rings (SSSR count). The highest BCUT2D eigenvalue weighted by atomic mass is 16.2. The molecule has 7 nitrogen and oxygen atoms in total. The number of hydrogen-bond acceptors (Lipinski definition) is 4. The van der Waals surface area contributed by atoms with E-state index >= 15 is 0 Å². The molecule has 1 aromatic carbocycles. The topological polar surface area (TPSA) is 96.9 Å². The zero-order chi connectivity index (χ0) is 19.3. The SMILES string of the molecule is CC(C)C[C@@H](NC(=O)Cn1c(=O)c(C#N)cn(C)c1=O)c1ccccc1. The summed E-state index contributed by atoms with van der Waals surface area (Å²) in [6.45, 7) is 3.68. The van der Waals surface area contributed by atoms with Crippen LogP contribution in [0.2, 0.25) is 0 Å². The van der Waals surface area contributed by atoms with Crippen LogP contribution >= 0.6 is 0 Å². The van der Waals surface area contributed by atoms with Gasteiger partial charge in [-0.2, -0.15) is 5.26 Å². The number of nitriles is 1. The Morgan fingerprint density at radius 2 is 1.88 bits per heavy atom. The third kappa shape index (κ3) is 4.48. The summed E-state index contributed by atoms with van der Waals surface area (Å²) >= 11 is 0. The lowest BCUT2D eigenvalue weighted by Crippen LogP contribution is -2.44. The van der Waals surface area contributed by atoms with Crippen molar-refractivity contribution in [2.24, 2.45) is 13.0 Å². The zero-order valence-corrected chi connectivity index (χ0v) is 15.1. The van der Waals surface area contributed by atoms with Gasteiger partial charge in [0.1, 0.15) is 18.2 Å². The monoisotopic (exact) mass is 354 g/mol. The third-order valence-corrected chi connectivity index (χ3v) is 4.00. The van der Waals surface area contributed by atoms with Crippen molar-refractivity contribution in [3.05, 3.63) is 68.5 Å². The molecule has 1 amide bonds. The Bertz CT molecular complexity index is 936. The molecule has 0 aliphatic rings. The molecule has 1 aromatic heterocycles. The number of benzene rings is 1. The van der Waals surface area contributed by atoms with Crippen LogP contribution in [0.5, 0.6) is 0 Å². The second-order valence-corrected chi connectivity index (χ2v) is 6.60. The number of carbonyl (C=O) groups is 1. The van der Waals surface area contributed by atoms with E-state index in [1.54, 1.807) is 6.07 Å². The molecule has 26 heavy (non-hydrogen) atoms. The van der Waals surface area contributed by atoms with Crippen molar-refractivity contribution in [3.63, 3.8) is 0 Å². The molecule has 0 aliphatic carbocycles. The molecule has 0 fully saturated rings. The Labute approximate surface area is 151 Å². The van der Waals surface area contributed by atoms with Crippen LogP contribution in [0, 0.1) is 17.2 Å².